The first-order valence-corrected chi connectivity index (χ1v) is 10.0. The number of fused-ring (bicyclic) bond motifs is 1. The number of hydrogen-bond acceptors (Lipinski definition) is 7. The predicted molar refractivity (Wildman–Crippen MR) is 97.4 cm³/mol. The highest BCUT2D eigenvalue weighted by molar-refractivity contribution is 7.86. The Bertz CT molecular complexity index is 936. The first-order chi connectivity index (χ1) is 12.6. The molecule has 2 aromatic rings. The maximum absolute atomic E-state index is 12.1. The molecule has 0 spiro atoms. The number of ether oxygens (including phenoxy) is 3. The average Bonchev–Trinajstić information content (AvgIpc) is 2.83. The molecule has 0 bridgehead atoms. The molecule has 1 atom stereocenters. The van der Waals surface area contributed by atoms with Crippen LogP contribution in [0.25, 0.3) is 0 Å². The Morgan fingerprint density at radius 3 is 2.48 bits per heavy atom. The van der Waals surface area contributed by atoms with Crippen molar-refractivity contribution in [1.29, 1.82) is 0 Å². The lowest BCUT2D eigenvalue weighted by molar-refractivity contribution is -0.171. The van der Waals surface area contributed by atoms with Gasteiger partial charge in [0.15, 0.2) is 6.61 Å². The molecule has 144 valence electrons. The van der Waals surface area contributed by atoms with Gasteiger partial charge in [-0.1, -0.05) is 18.2 Å². The summed E-state index contributed by atoms with van der Waals surface area (Å²) >= 11 is 0. The van der Waals surface area contributed by atoms with Crippen molar-refractivity contribution in [1.82, 2.24) is 0 Å². The molecule has 2 aromatic carbocycles. The SMILES string of the molecule is CC1(C)c2cc(OS(C)(=O)=O)ccc2OC1OC(=O)COc1ccccc1. The van der Waals surface area contributed by atoms with Crippen molar-refractivity contribution in [3.05, 3.63) is 54.1 Å². The topological polar surface area (TPSA) is 88.1 Å². The first kappa shape index (κ1) is 19.0. The molecule has 1 unspecified atom stereocenters. The van der Waals surface area contributed by atoms with Crippen molar-refractivity contribution in [2.45, 2.75) is 25.6 Å². The van der Waals surface area contributed by atoms with Crippen molar-refractivity contribution in [2.75, 3.05) is 12.9 Å². The summed E-state index contributed by atoms with van der Waals surface area (Å²) in [6.07, 6.45) is 0.104. The summed E-state index contributed by atoms with van der Waals surface area (Å²) in [7, 11) is -3.64. The predicted octanol–water partition coefficient (Wildman–Crippen LogP) is 2.64. The third-order valence-corrected chi connectivity index (χ3v) is 4.55. The van der Waals surface area contributed by atoms with Crippen LogP contribution in [0, 0.1) is 0 Å². The lowest BCUT2D eigenvalue weighted by Crippen LogP contribution is -2.37. The number of carbonyl (C=O) groups is 1. The number of esters is 1. The van der Waals surface area contributed by atoms with E-state index < -0.39 is 27.8 Å². The lowest BCUT2D eigenvalue weighted by atomic mass is 9.85. The molecule has 3 rings (SSSR count). The van der Waals surface area contributed by atoms with Gasteiger partial charge in [0.05, 0.1) is 11.7 Å². The van der Waals surface area contributed by atoms with E-state index in [0.29, 0.717) is 17.1 Å². The summed E-state index contributed by atoms with van der Waals surface area (Å²) in [4.78, 5) is 12.1. The van der Waals surface area contributed by atoms with Crippen molar-refractivity contribution in [3.63, 3.8) is 0 Å². The van der Waals surface area contributed by atoms with Crippen LogP contribution in [0.15, 0.2) is 48.5 Å². The molecule has 1 aliphatic heterocycles. The molecule has 0 fully saturated rings. The number of carbonyl (C=O) groups excluding carboxylic acids is 1. The van der Waals surface area contributed by atoms with Crippen molar-refractivity contribution in [2.24, 2.45) is 0 Å². The molecule has 7 nitrogen and oxygen atoms in total. The summed E-state index contributed by atoms with van der Waals surface area (Å²) in [5, 5.41) is 0. The smallest absolute Gasteiger partial charge is 0.347 e. The number of benzene rings is 2. The molecule has 1 heterocycles. The molecule has 0 radical (unpaired) electrons. The first-order valence-electron chi connectivity index (χ1n) is 8.23. The van der Waals surface area contributed by atoms with Gasteiger partial charge in [-0.15, -0.1) is 0 Å². The summed E-state index contributed by atoms with van der Waals surface area (Å²) in [5.41, 5.74) is -0.0142. The van der Waals surface area contributed by atoms with E-state index >= 15 is 0 Å². The molecule has 0 aromatic heterocycles. The van der Waals surface area contributed by atoms with Gasteiger partial charge in [0, 0.05) is 5.56 Å². The van der Waals surface area contributed by atoms with Crippen molar-refractivity contribution < 1.29 is 31.6 Å². The highest BCUT2D eigenvalue weighted by Gasteiger charge is 2.44. The van der Waals surface area contributed by atoms with E-state index in [9.17, 15) is 13.2 Å². The summed E-state index contributed by atoms with van der Waals surface area (Å²) < 4.78 is 44.1. The van der Waals surface area contributed by atoms with Crippen LogP contribution < -0.4 is 13.7 Å². The number of hydrogen-bond donors (Lipinski definition) is 0. The number of rotatable bonds is 6. The van der Waals surface area contributed by atoms with Gasteiger partial charge in [0.2, 0.25) is 0 Å². The van der Waals surface area contributed by atoms with Gasteiger partial charge in [0.25, 0.3) is 6.29 Å². The standard InChI is InChI=1S/C19H20O7S/c1-19(2)15-11-14(26-27(3,21)22)9-10-16(15)24-18(19)25-17(20)12-23-13-7-5-4-6-8-13/h4-11,18H,12H2,1-3H3. The highest BCUT2D eigenvalue weighted by Crippen LogP contribution is 2.44. The summed E-state index contributed by atoms with van der Waals surface area (Å²) in [5.74, 6) is 0.666. The van der Waals surface area contributed by atoms with Crippen molar-refractivity contribution >= 4 is 16.1 Å². The Labute approximate surface area is 157 Å². The van der Waals surface area contributed by atoms with Crippen LogP contribution in [0.4, 0.5) is 0 Å². The average molecular weight is 392 g/mol. The second-order valence-electron chi connectivity index (χ2n) is 6.71. The fourth-order valence-corrected chi connectivity index (χ4v) is 3.17. The molecule has 8 heteroatoms. The van der Waals surface area contributed by atoms with E-state index in [1.165, 1.54) is 6.07 Å². The van der Waals surface area contributed by atoms with Crippen LogP contribution in [0.2, 0.25) is 0 Å². The van der Waals surface area contributed by atoms with Crippen LogP contribution in [0.1, 0.15) is 19.4 Å². The highest BCUT2D eigenvalue weighted by atomic mass is 32.2. The summed E-state index contributed by atoms with van der Waals surface area (Å²) in [6, 6.07) is 13.6. The van der Waals surface area contributed by atoms with Gasteiger partial charge in [0.1, 0.15) is 17.2 Å². The Morgan fingerprint density at radius 2 is 1.81 bits per heavy atom. The zero-order valence-electron chi connectivity index (χ0n) is 15.2. The van der Waals surface area contributed by atoms with Crippen LogP contribution in [0.3, 0.4) is 0 Å². The third-order valence-electron chi connectivity index (χ3n) is 4.05. The van der Waals surface area contributed by atoms with E-state index in [1.807, 2.05) is 19.9 Å². The van der Waals surface area contributed by atoms with E-state index in [1.54, 1.807) is 36.4 Å². The molecule has 0 saturated heterocycles. The van der Waals surface area contributed by atoms with E-state index in [-0.39, 0.29) is 12.4 Å². The zero-order chi connectivity index (χ0) is 19.7. The molecular formula is C19H20O7S. The minimum absolute atomic E-state index is 0.173. The van der Waals surface area contributed by atoms with Gasteiger partial charge in [-0.3, -0.25) is 0 Å². The molecular weight excluding hydrogens is 372 g/mol. The monoisotopic (exact) mass is 392 g/mol. The molecule has 0 amide bonds. The normalized spacial score (nSPS) is 17.5. The van der Waals surface area contributed by atoms with Gasteiger partial charge in [-0.2, -0.15) is 8.42 Å². The third kappa shape index (κ3) is 4.51. The second kappa shape index (κ2) is 7.11. The molecule has 27 heavy (non-hydrogen) atoms. The van der Waals surface area contributed by atoms with Gasteiger partial charge in [-0.05, 0) is 44.2 Å². The summed E-state index contributed by atoms with van der Waals surface area (Å²) in [6.45, 7) is 3.41. The maximum Gasteiger partial charge on any atom is 0.347 e. The molecule has 0 saturated carbocycles. The maximum atomic E-state index is 12.1. The Morgan fingerprint density at radius 1 is 1.11 bits per heavy atom. The van der Waals surface area contributed by atoms with Crippen LogP contribution in [-0.4, -0.2) is 33.5 Å². The van der Waals surface area contributed by atoms with Gasteiger partial charge >= 0.3 is 16.1 Å². The van der Waals surface area contributed by atoms with Crippen LogP contribution in [0.5, 0.6) is 17.2 Å². The van der Waals surface area contributed by atoms with Crippen molar-refractivity contribution in [3.8, 4) is 17.2 Å². The molecule has 0 N–H and O–H groups in total. The number of para-hydroxylation sites is 1. The lowest BCUT2D eigenvalue weighted by Gasteiger charge is -2.25. The Hall–Kier alpha value is -2.74. The Balaban J connectivity index is 1.68. The van der Waals surface area contributed by atoms with Gasteiger partial charge in [-0.25, -0.2) is 4.79 Å². The minimum Gasteiger partial charge on any atom is -0.482 e. The van der Waals surface area contributed by atoms with Crippen LogP contribution >= 0.6 is 0 Å². The quantitative estimate of drug-likeness (QED) is 0.552. The largest absolute Gasteiger partial charge is 0.482 e. The van der Waals surface area contributed by atoms with E-state index in [4.69, 9.17) is 18.4 Å². The zero-order valence-corrected chi connectivity index (χ0v) is 16.0. The van der Waals surface area contributed by atoms with Crippen LogP contribution in [-0.2, 0) is 25.1 Å². The minimum atomic E-state index is -3.64. The van der Waals surface area contributed by atoms with E-state index in [0.717, 1.165) is 6.26 Å². The molecule has 1 aliphatic rings. The second-order valence-corrected chi connectivity index (χ2v) is 8.28. The fourth-order valence-electron chi connectivity index (χ4n) is 2.72. The van der Waals surface area contributed by atoms with Gasteiger partial charge < -0.3 is 18.4 Å². The Kier molecular flexibility index (Phi) is 5.01. The molecule has 0 aliphatic carbocycles. The fraction of sp³-hybridized carbons (Fsp3) is 0.316. The van der Waals surface area contributed by atoms with E-state index in [2.05, 4.69) is 0 Å².